The second kappa shape index (κ2) is 6.38. The van der Waals surface area contributed by atoms with E-state index in [2.05, 4.69) is 10.6 Å². The molecule has 1 heterocycles. The number of urea groups is 1. The van der Waals surface area contributed by atoms with Gasteiger partial charge in [0.05, 0.1) is 32.9 Å². The number of rotatable bonds is 4. The van der Waals surface area contributed by atoms with Gasteiger partial charge < -0.3 is 24.8 Å². The Morgan fingerprint density at radius 2 is 1.91 bits per heavy atom. The molecule has 0 radical (unpaired) electrons. The van der Waals surface area contributed by atoms with Crippen LogP contribution in [-0.2, 0) is 9.53 Å². The van der Waals surface area contributed by atoms with Crippen LogP contribution in [0.2, 0.25) is 0 Å². The van der Waals surface area contributed by atoms with Gasteiger partial charge in [0, 0.05) is 17.3 Å². The fourth-order valence-corrected chi connectivity index (χ4v) is 2.36. The second-order valence-electron chi connectivity index (χ2n) is 4.67. The zero-order chi connectivity index (χ0) is 16.3. The van der Waals surface area contributed by atoms with Crippen LogP contribution < -0.4 is 20.1 Å². The molecule has 7 heteroatoms. The molecule has 1 atom stereocenters. The third kappa shape index (κ3) is 2.83. The molecule has 1 aliphatic heterocycles. The van der Waals surface area contributed by atoms with Crippen molar-refractivity contribution >= 4 is 12.0 Å². The second-order valence-corrected chi connectivity index (χ2v) is 4.67. The lowest BCUT2D eigenvalue weighted by atomic mass is 9.94. The first-order valence-electron chi connectivity index (χ1n) is 6.60. The average molecular weight is 306 g/mol. The summed E-state index contributed by atoms with van der Waals surface area (Å²) < 4.78 is 15.3. The number of benzene rings is 1. The van der Waals surface area contributed by atoms with Crippen molar-refractivity contribution in [2.75, 3.05) is 21.3 Å². The first-order valence-corrected chi connectivity index (χ1v) is 6.60. The Bertz CT molecular complexity index is 639. The molecule has 0 saturated heterocycles. The fourth-order valence-electron chi connectivity index (χ4n) is 2.36. The van der Waals surface area contributed by atoms with Gasteiger partial charge in [0.1, 0.15) is 11.5 Å². The van der Waals surface area contributed by atoms with Gasteiger partial charge in [-0.2, -0.15) is 0 Å². The lowest BCUT2D eigenvalue weighted by molar-refractivity contribution is -0.136. The fraction of sp³-hybridized carbons (Fsp3) is 0.333. The van der Waals surface area contributed by atoms with Gasteiger partial charge >= 0.3 is 12.0 Å². The first kappa shape index (κ1) is 15.7. The van der Waals surface area contributed by atoms with Crippen LogP contribution in [0, 0.1) is 0 Å². The van der Waals surface area contributed by atoms with Crippen LogP contribution in [0.15, 0.2) is 29.5 Å². The molecule has 2 N–H and O–H groups in total. The van der Waals surface area contributed by atoms with E-state index in [9.17, 15) is 9.59 Å². The molecular formula is C15H18N2O5. The summed E-state index contributed by atoms with van der Waals surface area (Å²) >= 11 is 0. The van der Waals surface area contributed by atoms with E-state index in [1.165, 1.54) is 14.2 Å². The van der Waals surface area contributed by atoms with Crippen molar-refractivity contribution in [3.63, 3.8) is 0 Å². The molecule has 0 saturated carbocycles. The molecule has 1 aliphatic rings. The van der Waals surface area contributed by atoms with Crippen LogP contribution in [-0.4, -0.2) is 33.3 Å². The minimum absolute atomic E-state index is 0.325. The molecule has 0 aromatic heterocycles. The van der Waals surface area contributed by atoms with Gasteiger partial charge in [0.2, 0.25) is 0 Å². The molecule has 2 amide bonds. The Morgan fingerprint density at radius 1 is 1.18 bits per heavy atom. The zero-order valence-electron chi connectivity index (χ0n) is 12.9. The molecule has 0 spiro atoms. The van der Waals surface area contributed by atoms with Crippen molar-refractivity contribution in [2.45, 2.75) is 13.0 Å². The number of amides is 2. The zero-order valence-corrected chi connectivity index (χ0v) is 12.9. The molecule has 0 aliphatic carbocycles. The number of allylic oxidation sites excluding steroid dienone is 1. The standard InChI is InChI=1S/C15H18N2O5/c1-8-12(14(18)22-4)13(17-15(19)16-8)10-6-5-9(20-2)7-11(10)21-3/h5-7,13H,1-4H3,(H2,16,17,19)/t13-/m0/s1. The third-order valence-corrected chi connectivity index (χ3v) is 3.43. The van der Waals surface area contributed by atoms with Crippen molar-refractivity contribution in [3.05, 3.63) is 35.0 Å². The van der Waals surface area contributed by atoms with E-state index in [-0.39, 0.29) is 0 Å². The van der Waals surface area contributed by atoms with Gasteiger partial charge in [0.15, 0.2) is 0 Å². The lowest BCUT2D eigenvalue weighted by Crippen LogP contribution is -2.45. The minimum atomic E-state index is -0.665. The summed E-state index contributed by atoms with van der Waals surface area (Å²) in [6, 6.07) is 4.10. The number of methoxy groups -OCH3 is 3. The predicted molar refractivity (Wildman–Crippen MR) is 78.7 cm³/mol. The van der Waals surface area contributed by atoms with Crippen LogP contribution >= 0.6 is 0 Å². The Labute approximate surface area is 128 Å². The maximum Gasteiger partial charge on any atom is 0.337 e. The number of hydrogen-bond donors (Lipinski definition) is 2. The Kier molecular flexibility index (Phi) is 4.55. The quantitative estimate of drug-likeness (QED) is 0.823. The monoisotopic (exact) mass is 306 g/mol. The number of nitrogens with one attached hydrogen (secondary N) is 2. The van der Waals surface area contributed by atoms with Crippen molar-refractivity contribution in [1.82, 2.24) is 10.6 Å². The summed E-state index contributed by atoms with van der Waals surface area (Å²) in [5.74, 6) is 0.592. The highest BCUT2D eigenvalue weighted by Gasteiger charge is 2.33. The number of esters is 1. The van der Waals surface area contributed by atoms with Gasteiger partial charge in [0.25, 0.3) is 0 Å². The van der Waals surface area contributed by atoms with Crippen molar-refractivity contribution in [2.24, 2.45) is 0 Å². The number of hydrogen-bond acceptors (Lipinski definition) is 5. The Morgan fingerprint density at radius 3 is 2.50 bits per heavy atom. The summed E-state index contributed by atoms with van der Waals surface area (Å²) in [7, 11) is 4.35. The van der Waals surface area contributed by atoms with E-state index in [0.717, 1.165) is 0 Å². The first-order chi connectivity index (χ1) is 10.5. The summed E-state index contributed by atoms with van der Waals surface area (Å²) in [5, 5.41) is 5.28. The SMILES string of the molecule is COC(=O)C1=C(C)NC(=O)N[C@H]1c1ccc(OC)cc1OC. The highest BCUT2D eigenvalue weighted by atomic mass is 16.5. The highest BCUT2D eigenvalue weighted by Crippen LogP contribution is 2.35. The third-order valence-electron chi connectivity index (χ3n) is 3.43. The van der Waals surface area contributed by atoms with Gasteiger partial charge in [-0.05, 0) is 19.1 Å². The molecule has 2 rings (SSSR count). The van der Waals surface area contributed by atoms with E-state index in [1.54, 1.807) is 32.2 Å². The summed E-state index contributed by atoms with van der Waals surface area (Å²) in [5.41, 5.74) is 1.40. The molecule has 22 heavy (non-hydrogen) atoms. The van der Waals surface area contributed by atoms with E-state index in [4.69, 9.17) is 14.2 Å². The molecule has 0 fully saturated rings. The number of carbonyl (C=O) groups is 2. The normalized spacial score (nSPS) is 17.5. The molecule has 1 aromatic rings. The van der Waals surface area contributed by atoms with Crippen molar-refractivity contribution in [1.29, 1.82) is 0 Å². The van der Waals surface area contributed by atoms with Crippen molar-refractivity contribution in [3.8, 4) is 11.5 Å². The number of ether oxygens (including phenoxy) is 3. The Balaban J connectivity index is 2.55. The molecule has 1 aromatic carbocycles. The molecule has 0 bridgehead atoms. The highest BCUT2D eigenvalue weighted by molar-refractivity contribution is 5.95. The molecule has 7 nitrogen and oxygen atoms in total. The summed E-state index contributed by atoms with van der Waals surface area (Å²) in [6.45, 7) is 1.65. The van der Waals surface area contributed by atoms with Gasteiger partial charge in [-0.1, -0.05) is 0 Å². The van der Waals surface area contributed by atoms with Crippen molar-refractivity contribution < 1.29 is 23.8 Å². The topological polar surface area (TPSA) is 85.9 Å². The van der Waals surface area contributed by atoms with E-state index in [1.807, 2.05) is 0 Å². The predicted octanol–water partition coefficient (Wildman–Crippen LogP) is 1.50. The minimum Gasteiger partial charge on any atom is -0.497 e. The van der Waals surface area contributed by atoms with E-state index < -0.39 is 18.0 Å². The molecule has 0 unspecified atom stereocenters. The van der Waals surface area contributed by atoms with E-state index in [0.29, 0.717) is 28.3 Å². The van der Waals surface area contributed by atoms with Crippen LogP contribution in [0.3, 0.4) is 0 Å². The molecule has 118 valence electrons. The van der Waals surface area contributed by atoms with Crippen LogP contribution in [0.25, 0.3) is 0 Å². The maximum atomic E-state index is 12.1. The smallest absolute Gasteiger partial charge is 0.337 e. The van der Waals surface area contributed by atoms with Crippen LogP contribution in [0.4, 0.5) is 4.79 Å². The van der Waals surface area contributed by atoms with Gasteiger partial charge in [-0.15, -0.1) is 0 Å². The van der Waals surface area contributed by atoms with E-state index >= 15 is 0 Å². The Hall–Kier alpha value is -2.70. The maximum absolute atomic E-state index is 12.1. The lowest BCUT2D eigenvalue weighted by Gasteiger charge is -2.28. The average Bonchev–Trinajstić information content (AvgIpc) is 2.52. The van der Waals surface area contributed by atoms with Crippen LogP contribution in [0.5, 0.6) is 11.5 Å². The van der Waals surface area contributed by atoms with Gasteiger partial charge in [-0.3, -0.25) is 0 Å². The molecular weight excluding hydrogens is 288 g/mol. The summed E-state index contributed by atoms with van der Waals surface area (Å²) in [6.07, 6.45) is 0. The summed E-state index contributed by atoms with van der Waals surface area (Å²) in [4.78, 5) is 23.8. The van der Waals surface area contributed by atoms with Gasteiger partial charge in [-0.25, -0.2) is 9.59 Å². The largest absolute Gasteiger partial charge is 0.497 e. The van der Waals surface area contributed by atoms with Crippen LogP contribution in [0.1, 0.15) is 18.5 Å². The number of carbonyl (C=O) groups excluding carboxylic acids is 2.